The average molecular weight is 305 g/mol. The Kier molecular flexibility index (Phi) is 5.35. The van der Waals surface area contributed by atoms with Crippen LogP contribution >= 0.6 is 0 Å². The van der Waals surface area contributed by atoms with Crippen molar-refractivity contribution in [2.45, 2.75) is 51.4 Å². The maximum absolute atomic E-state index is 12.7. The summed E-state index contributed by atoms with van der Waals surface area (Å²) in [7, 11) is 0. The van der Waals surface area contributed by atoms with E-state index in [0.29, 0.717) is 48.5 Å². The topological polar surface area (TPSA) is 63.3 Å². The maximum Gasteiger partial charge on any atom is 0.141 e. The highest BCUT2D eigenvalue weighted by molar-refractivity contribution is 5.88. The number of ketones is 1. The quantitative estimate of drug-likeness (QED) is 0.508. The number of carbonyl (C=O) groups is 1. The summed E-state index contributed by atoms with van der Waals surface area (Å²) in [6.45, 7) is 0.869. The minimum atomic E-state index is 0.134. The molecule has 0 spiro atoms. The molecule has 0 aliphatic heterocycles. The lowest BCUT2D eigenvalue weighted by molar-refractivity contribution is -0.124. The van der Waals surface area contributed by atoms with Crippen LogP contribution in [0.15, 0.2) is 12.2 Å². The smallest absolute Gasteiger partial charge is 0.141 e. The van der Waals surface area contributed by atoms with Crippen molar-refractivity contribution in [1.29, 1.82) is 0 Å². The Morgan fingerprint density at radius 1 is 1.05 bits per heavy atom. The van der Waals surface area contributed by atoms with Crippen molar-refractivity contribution in [2.24, 2.45) is 41.2 Å². The van der Waals surface area contributed by atoms with E-state index in [2.05, 4.69) is 12.2 Å². The number of nitrogens with two attached hydrogens (primary N) is 1. The first-order valence-corrected chi connectivity index (χ1v) is 9.31. The normalized spacial score (nSPS) is 38.9. The van der Waals surface area contributed by atoms with Crippen LogP contribution in [0.3, 0.4) is 0 Å². The summed E-state index contributed by atoms with van der Waals surface area (Å²) < 4.78 is 0. The Bertz CT molecular complexity index is 420. The fourth-order valence-corrected chi connectivity index (χ4v) is 5.45. The summed E-state index contributed by atoms with van der Waals surface area (Å²) in [5.41, 5.74) is 5.95. The van der Waals surface area contributed by atoms with E-state index in [0.717, 1.165) is 12.8 Å². The van der Waals surface area contributed by atoms with Gasteiger partial charge in [-0.1, -0.05) is 44.3 Å². The number of allylic oxidation sites excluding steroid dienone is 2. The van der Waals surface area contributed by atoms with Crippen molar-refractivity contribution in [3.8, 4) is 0 Å². The van der Waals surface area contributed by atoms with E-state index in [1.54, 1.807) is 0 Å². The molecule has 0 aromatic heterocycles. The fourth-order valence-electron chi connectivity index (χ4n) is 5.45. The highest BCUT2D eigenvalue weighted by atomic mass is 16.2. The van der Waals surface area contributed by atoms with Crippen molar-refractivity contribution in [3.05, 3.63) is 12.2 Å². The number of fused-ring (bicyclic) bond motifs is 5. The third-order valence-electron chi connectivity index (χ3n) is 6.42. The van der Waals surface area contributed by atoms with Gasteiger partial charge in [0.2, 0.25) is 0 Å². The van der Waals surface area contributed by atoms with Gasteiger partial charge in [-0.15, -0.1) is 0 Å². The molecule has 0 heterocycles. The molecule has 3 aliphatic rings. The molecule has 0 radical (unpaired) electrons. The van der Waals surface area contributed by atoms with Crippen LogP contribution in [0.5, 0.6) is 0 Å². The molecule has 3 rings (SSSR count). The maximum atomic E-state index is 12.7. The van der Waals surface area contributed by atoms with E-state index in [1.807, 2.05) is 0 Å². The van der Waals surface area contributed by atoms with E-state index in [-0.39, 0.29) is 5.92 Å². The molecule has 22 heavy (non-hydrogen) atoms. The highest BCUT2D eigenvalue weighted by Crippen LogP contribution is 2.58. The molecule has 3 heteroatoms. The molecule has 3 nitrogen and oxygen atoms in total. The summed E-state index contributed by atoms with van der Waals surface area (Å²) in [6, 6.07) is 0. The van der Waals surface area contributed by atoms with E-state index >= 15 is 0 Å². The molecule has 2 saturated carbocycles. The Hall–Kier alpha value is -0.670. The molecule has 0 aromatic rings. The Balaban J connectivity index is 1.49. The molecule has 0 amide bonds. The van der Waals surface area contributed by atoms with Gasteiger partial charge in [-0.05, 0) is 42.9 Å². The van der Waals surface area contributed by atoms with Crippen LogP contribution in [-0.2, 0) is 4.79 Å². The summed E-state index contributed by atoms with van der Waals surface area (Å²) in [5.74, 6) is 3.25. The van der Waals surface area contributed by atoms with Gasteiger partial charge >= 0.3 is 0 Å². The van der Waals surface area contributed by atoms with E-state index in [4.69, 9.17) is 10.8 Å². The molecule has 6 atom stereocenters. The average Bonchev–Trinajstić information content (AvgIpc) is 3.19. The minimum Gasteiger partial charge on any atom is -0.396 e. The monoisotopic (exact) mass is 305 g/mol. The standard InChI is InChI=1S/C19H31NO2/c20-12-16-15(7-5-3-1-2-4-6-10-21)17-13-8-9-14(11-13)18(17)19(16)22/h8-9,13-18,21H,1-7,10-12,20H2/t13-,14+,15+,16+,17-,18-/m0/s1. The molecule has 0 aromatic carbocycles. The summed E-state index contributed by atoms with van der Waals surface area (Å²) in [5, 5.41) is 8.78. The molecular weight excluding hydrogens is 274 g/mol. The molecule has 2 fully saturated rings. The first kappa shape index (κ1) is 16.2. The zero-order valence-corrected chi connectivity index (χ0v) is 13.6. The predicted octanol–water partition coefficient (Wildman–Crippen LogP) is 2.92. The van der Waals surface area contributed by atoms with Gasteiger partial charge in [0.05, 0.1) is 0 Å². The Labute approximate surface area is 134 Å². The van der Waals surface area contributed by atoms with E-state index < -0.39 is 0 Å². The first-order chi connectivity index (χ1) is 10.8. The number of hydrogen-bond donors (Lipinski definition) is 2. The molecule has 0 unspecified atom stereocenters. The molecule has 0 saturated heterocycles. The van der Waals surface area contributed by atoms with Crippen molar-refractivity contribution in [2.75, 3.05) is 13.2 Å². The van der Waals surface area contributed by atoms with E-state index in [1.165, 1.54) is 38.5 Å². The third kappa shape index (κ3) is 2.90. The molecular formula is C19H31NO2. The van der Waals surface area contributed by atoms with Crippen molar-refractivity contribution < 1.29 is 9.90 Å². The lowest BCUT2D eigenvalue weighted by atomic mass is 9.77. The predicted molar refractivity (Wildman–Crippen MR) is 88.2 cm³/mol. The second-order valence-corrected chi connectivity index (χ2v) is 7.59. The number of aliphatic hydroxyl groups is 1. The first-order valence-electron chi connectivity index (χ1n) is 9.31. The second-order valence-electron chi connectivity index (χ2n) is 7.59. The van der Waals surface area contributed by atoms with Crippen molar-refractivity contribution in [1.82, 2.24) is 0 Å². The van der Waals surface area contributed by atoms with E-state index in [9.17, 15) is 4.79 Å². The molecule has 3 N–H and O–H groups in total. The van der Waals surface area contributed by atoms with Crippen LogP contribution in [0, 0.1) is 35.5 Å². The number of aliphatic hydroxyl groups excluding tert-OH is 1. The SMILES string of the molecule is NC[C@H]1C(=O)[C@@H]2[C@H]([C@@H]1CCCCCCCCO)[C@H]1C=C[C@@H]2C1. The highest BCUT2D eigenvalue weighted by Gasteiger charge is 2.58. The van der Waals surface area contributed by atoms with Gasteiger partial charge in [-0.2, -0.15) is 0 Å². The third-order valence-corrected chi connectivity index (χ3v) is 6.42. The van der Waals surface area contributed by atoms with Crippen molar-refractivity contribution in [3.63, 3.8) is 0 Å². The number of rotatable bonds is 9. The number of unbranched alkanes of at least 4 members (excludes halogenated alkanes) is 5. The largest absolute Gasteiger partial charge is 0.396 e. The van der Waals surface area contributed by atoms with Gasteiger partial charge in [0.25, 0.3) is 0 Å². The molecule has 124 valence electrons. The van der Waals surface area contributed by atoms with Gasteiger partial charge in [0.1, 0.15) is 5.78 Å². The zero-order valence-electron chi connectivity index (χ0n) is 13.6. The number of carbonyl (C=O) groups excluding carboxylic acids is 1. The molecule has 3 aliphatic carbocycles. The van der Waals surface area contributed by atoms with Crippen LogP contribution in [0.25, 0.3) is 0 Å². The Morgan fingerprint density at radius 2 is 1.73 bits per heavy atom. The lowest BCUT2D eigenvalue weighted by Gasteiger charge is -2.26. The van der Waals surface area contributed by atoms with Crippen LogP contribution in [0.2, 0.25) is 0 Å². The van der Waals surface area contributed by atoms with Gasteiger partial charge in [-0.3, -0.25) is 4.79 Å². The molecule has 2 bridgehead atoms. The second kappa shape index (κ2) is 7.27. The number of Topliss-reactive ketones (excluding diaryl/α,β-unsaturated/α-hetero) is 1. The zero-order chi connectivity index (χ0) is 15.5. The fraction of sp³-hybridized carbons (Fsp3) is 0.842. The minimum absolute atomic E-state index is 0.134. The van der Waals surface area contributed by atoms with Crippen LogP contribution in [0.1, 0.15) is 51.4 Å². The van der Waals surface area contributed by atoms with Crippen LogP contribution in [0.4, 0.5) is 0 Å². The van der Waals surface area contributed by atoms with Crippen molar-refractivity contribution >= 4 is 5.78 Å². The van der Waals surface area contributed by atoms with Gasteiger partial charge in [0.15, 0.2) is 0 Å². The summed E-state index contributed by atoms with van der Waals surface area (Å²) in [4.78, 5) is 12.7. The van der Waals surface area contributed by atoms with Gasteiger partial charge < -0.3 is 10.8 Å². The lowest BCUT2D eigenvalue weighted by Crippen LogP contribution is -2.28. The van der Waals surface area contributed by atoms with Crippen LogP contribution in [-0.4, -0.2) is 24.0 Å². The van der Waals surface area contributed by atoms with Gasteiger partial charge in [-0.25, -0.2) is 0 Å². The summed E-state index contributed by atoms with van der Waals surface area (Å²) in [6.07, 6.45) is 14.1. The number of hydrogen-bond acceptors (Lipinski definition) is 3. The van der Waals surface area contributed by atoms with Crippen LogP contribution < -0.4 is 5.73 Å². The van der Waals surface area contributed by atoms with Gasteiger partial charge in [0, 0.05) is 25.0 Å². The Morgan fingerprint density at radius 3 is 2.45 bits per heavy atom. The summed E-state index contributed by atoms with van der Waals surface area (Å²) >= 11 is 0.